The molecule has 0 fully saturated rings. The van der Waals surface area contributed by atoms with E-state index < -0.39 is 12.1 Å². The summed E-state index contributed by atoms with van der Waals surface area (Å²) in [6.45, 7) is 4.70. The number of aryl methyl sites for hydroxylation is 1. The van der Waals surface area contributed by atoms with Crippen molar-refractivity contribution in [3.63, 3.8) is 0 Å². The lowest BCUT2D eigenvalue weighted by atomic mass is 9.96. The number of alkyl carbamates (subject to hydrolysis) is 1. The summed E-state index contributed by atoms with van der Waals surface area (Å²) >= 11 is 0. The van der Waals surface area contributed by atoms with Crippen molar-refractivity contribution in [2.24, 2.45) is 0 Å². The van der Waals surface area contributed by atoms with E-state index in [0.717, 1.165) is 36.0 Å². The van der Waals surface area contributed by atoms with Crippen molar-refractivity contribution >= 4 is 11.9 Å². The van der Waals surface area contributed by atoms with Crippen LogP contribution in [0.25, 0.3) is 11.1 Å². The number of ketones is 1. The van der Waals surface area contributed by atoms with Gasteiger partial charge in [-0.15, -0.1) is 0 Å². The standard InChI is InChI=1S/C36H37NO4/c1-3-4-18-34(35(38)32-23-27(20-19-25(32)2)40-22-21-26-12-6-5-7-13-26)37-36(39)41-24-33-30-16-10-8-14-28(30)29-15-9-11-17-31(29)33/h5-17,19-20,23,33-34H,3-4,18,21-22,24H2,1-2H3,(H,37,39). The van der Waals surface area contributed by atoms with Crippen LogP contribution >= 0.6 is 0 Å². The summed E-state index contributed by atoms with van der Waals surface area (Å²) < 4.78 is 11.7. The van der Waals surface area contributed by atoms with Gasteiger partial charge in [-0.05, 0) is 58.9 Å². The van der Waals surface area contributed by atoms with Gasteiger partial charge in [0.1, 0.15) is 12.4 Å². The molecule has 1 unspecified atom stereocenters. The Balaban J connectivity index is 1.24. The van der Waals surface area contributed by atoms with Gasteiger partial charge in [-0.2, -0.15) is 0 Å². The molecule has 41 heavy (non-hydrogen) atoms. The van der Waals surface area contributed by atoms with Gasteiger partial charge in [-0.1, -0.05) is 105 Å². The van der Waals surface area contributed by atoms with Gasteiger partial charge in [0.2, 0.25) is 0 Å². The topological polar surface area (TPSA) is 64.6 Å². The lowest BCUT2D eigenvalue weighted by molar-refractivity contribution is 0.0911. The number of fused-ring (bicyclic) bond motifs is 3. The quantitative estimate of drug-likeness (QED) is 0.183. The summed E-state index contributed by atoms with van der Waals surface area (Å²) in [5.41, 5.74) is 7.26. The molecule has 1 N–H and O–H groups in total. The maximum atomic E-state index is 13.7. The Hall–Kier alpha value is -4.38. The second-order valence-corrected chi connectivity index (χ2v) is 10.6. The number of rotatable bonds is 12. The van der Waals surface area contributed by atoms with Gasteiger partial charge in [0, 0.05) is 17.9 Å². The van der Waals surface area contributed by atoms with Gasteiger partial charge in [-0.25, -0.2) is 4.79 Å². The lowest BCUT2D eigenvalue weighted by Crippen LogP contribution is -2.41. The Morgan fingerprint density at radius 3 is 2.20 bits per heavy atom. The average Bonchev–Trinajstić information content (AvgIpc) is 3.33. The Morgan fingerprint density at radius 1 is 0.854 bits per heavy atom. The summed E-state index contributed by atoms with van der Waals surface area (Å²) in [5.74, 6) is 0.480. The SMILES string of the molecule is CCCCC(NC(=O)OCC1c2ccccc2-c2ccccc21)C(=O)c1cc(OCCc2ccccc2)ccc1C. The second-order valence-electron chi connectivity index (χ2n) is 10.6. The molecule has 4 aromatic rings. The zero-order valence-corrected chi connectivity index (χ0v) is 23.8. The molecule has 1 atom stereocenters. The van der Waals surface area contributed by atoms with E-state index in [4.69, 9.17) is 9.47 Å². The van der Waals surface area contributed by atoms with Crippen LogP contribution in [0.5, 0.6) is 5.75 Å². The number of hydrogen-bond acceptors (Lipinski definition) is 4. The monoisotopic (exact) mass is 547 g/mol. The van der Waals surface area contributed by atoms with Crippen LogP contribution in [0.1, 0.15) is 64.7 Å². The van der Waals surface area contributed by atoms with Crippen LogP contribution in [-0.2, 0) is 11.2 Å². The first-order chi connectivity index (χ1) is 20.0. The van der Waals surface area contributed by atoms with Crippen molar-refractivity contribution in [1.82, 2.24) is 5.32 Å². The first-order valence-electron chi connectivity index (χ1n) is 14.5. The highest BCUT2D eigenvalue weighted by Crippen LogP contribution is 2.44. The minimum atomic E-state index is -0.677. The van der Waals surface area contributed by atoms with Crippen LogP contribution in [0.3, 0.4) is 0 Å². The van der Waals surface area contributed by atoms with E-state index in [1.807, 2.05) is 61.5 Å². The minimum absolute atomic E-state index is 0.0371. The molecule has 0 saturated heterocycles. The van der Waals surface area contributed by atoms with Gasteiger partial charge < -0.3 is 14.8 Å². The van der Waals surface area contributed by atoms with E-state index >= 15 is 0 Å². The molecule has 0 aliphatic heterocycles. The Kier molecular flexibility index (Phi) is 9.15. The third-order valence-corrected chi connectivity index (χ3v) is 7.78. The zero-order chi connectivity index (χ0) is 28.6. The summed E-state index contributed by atoms with van der Waals surface area (Å²) in [4.78, 5) is 26.8. The Morgan fingerprint density at radius 2 is 1.51 bits per heavy atom. The highest BCUT2D eigenvalue weighted by atomic mass is 16.5. The number of Topliss-reactive ketones (excluding diaryl/α,β-unsaturated/α-hetero) is 1. The second kappa shape index (κ2) is 13.3. The predicted molar refractivity (Wildman–Crippen MR) is 163 cm³/mol. The number of amides is 1. The van der Waals surface area contributed by atoms with Crippen molar-refractivity contribution in [3.8, 4) is 16.9 Å². The number of nitrogens with one attached hydrogen (secondary N) is 1. The molecule has 0 radical (unpaired) electrons. The van der Waals surface area contributed by atoms with Crippen molar-refractivity contribution in [2.75, 3.05) is 13.2 Å². The van der Waals surface area contributed by atoms with Crippen molar-refractivity contribution in [2.45, 2.75) is 51.5 Å². The predicted octanol–water partition coefficient (Wildman–Crippen LogP) is 7.90. The van der Waals surface area contributed by atoms with Gasteiger partial charge in [0.15, 0.2) is 5.78 Å². The van der Waals surface area contributed by atoms with Crippen molar-refractivity contribution in [3.05, 3.63) is 125 Å². The number of benzene rings is 4. The van der Waals surface area contributed by atoms with E-state index in [0.29, 0.717) is 24.3 Å². The van der Waals surface area contributed by atoms with E-state index in [-0.39, 0.29) is 18.3 Å². The number of hydrogen-bond donors (Lipinski definition) is 1. The molecule has 5 nitrogen and oxygen atoms in total. The summed E-state index contributed by atoms with van der Waals surface area (Å²) in [6, 6.07) is 31.5. The summed E-state index contributed by atoms with van der Waals surface area (Å²) in [5, 5.41) is 2.88. The lowest BCUT2D eigenvalue weighted by Gasteiger charge is -2.20. The van der Waals surface area contributed by atoms with E-state index in [1.54, 1.807) is 6.07 Å². The Bertz CT molecular complexity index is 1450. The molecule has 4 aromatic carbocycles. The normalized spacial score (nSPS) is 12.7. The van der Waals surface area contributed by atoms with Crippen LogP contribution in [-0.4, -0.2) is 31.1 Å². The van der Waals surface area contributed by atoms with E-state index in [2.05, 4.69) is 48.6 Å². The van der Waals surface area contributed by atoms with Gasteiger partial charge >= 0.3 is 6.09 Å². The van der Waals surface area contributed by atoms with Crippen LogP contribution in [0.4, 0.5) is 4.79 Å². The third kappa shape index (κ3) is 6.68. The smallest absolute Gasteiger partial charge is 0.407 e. The first-order valence-corrected chi connectivity index (χ1v) is 14.5. The number of carbonyl (C=O) groups is 2. The molecule has 0 bridgehead atoms. The van der Waals surface area contributed by atoms with Crippen LogP contribution in [0.15, 0.2) is 97.1 Å². The molecule has 210 valence electrons. The Labute approximate surface area is 242 Å². The van der Waals surface area contributed by atoms with Gasteiger partial charge in [0.05, 0.1) is 12.6 Å². The molecule has 0 aromatic heterocycles. The molecule has 5 heteroatoms. The summed E-state index contributed by atoms with van der Waals surface area (Å²) in [6.07, 6.45) is 2.47. The van der Waals surface area contributed by atoms with Crippen LogP contribution in [0.2, 0.25) is 0 Å². The molecular weight excluding hydrogens is 510 g/mol. The van der Waals surface area contributed by atoms with E-state index in [1.165, 1.54) is 16.7 Å². The molecule has 0 spiro atoms. The average molecular weight is 548 g/mol. The molecule has 1 aliphatic carbocycles. The molecule has 0 saturated carbocycles. The molecule has 5 rings (SSSR count). The van der Waals surface area contributed by atoms with E-state index in [9.17, 15) is 9.59 Å². The minimum Gasteiger partial charge on any atom is -0.493 e. The largest absolute Gasteiger partial charge is 0.493 e. The fourth-order valence-electron chi connectivity index (χ4n) is 5.53. The highest BCUT2D eigenvalue weighted by molar-refractivity contribution is 6.03. The van der Waals surface area contributed by atoms with Crippen molar-refractivity contribution < 1.29 is 19.1 Å². The number of carbonyl (C=O) groups excluding carboxylic acids is 2. The fraction of sp³-hybridized carbons (Fsp3) is 0.278. The van der Waals surface area contributed by atoms with Crippen LogP contribution < -0.4 is 10.1 Å². The zero-order valence-electron chi connectivity index (χ0n) is 23.8. The van der Waals surface area contributed by atoms with Gasteiger partial charge in [0.25, 0.3) is 0 Å². The third-order valence-electron chi connectivity index (χ3n) is 7.78. The maximum absolute atomic E-state index is 13.7. The number of unbranched alkanes of at least 4 members (excludes halogenated alkanes) is 1. The summed E-state index contributed by atoms with van der Waals surface area (Å²) in [7, 11) is 0. The van der Waals surface area contributed by atoms with Gasteiger partial charge in [-0.3, -0.25) is 4.79 Å². The molecule has 1 amide bonds. The maximum Gasteiger partial charge on any atom is 0.407 e. The molecule has 0 heterocycles. The first kappa shape index (κ1) is 28.2. The van der Waals surface area contributed by atoms with Crippen molar-refractivity contribution in [1.29, 1.82) is 0 Å². The fourth-order valence-corrected chi connectivity index (χ4v) is 5.53. The van der Waals surface area contributed by atoms with Crippen LogP contribution in [0, 0.1) is 6.92 Å². The highest BCUT2D eigenvalue weighted by Gasteiger charge is 2.30. The molecular formula is C36H37NO4. The molecule has 1 aliphatic rings. The number of ether oxygens (including phenoxy) is 2.